The van der Waals surface area contributed by atoms with E-state index >= 15 is 0 Å². The summed E-state index contributed by atoms with van der Waals surface area (Å²) >= 11 is 0. The monoisotopic (exact) mass is 424 g/mol. The first-order chi connectivity index (χ1) is 14.3. The summed E-state index contributed by atoms with van der Waals surface area (Å²) in [5, 5.41) is 0. The van der Waals surface area contributed by atoms with Crippen LogP contribution in [0.15, 0.2) is 83.8 Å². The summed E-state index contributed by atoms with van der Waals surface area (Å²) in [6.07, 6.45) is 0. The number of hydrogen-bond acceptors (Lipinski definition) is 4. The second kappa shape index (κ2) is 9.45. The van der Waals surface area contributed by atoms with E-state index in [2.05, 4.69) is 4.72 Å². The zero-order chi connectivity index (χ0) is 21.6. The number of sulfonamides is 1. The molecule has 0 unspecified atom stereocenters. The van der Waals surface area contributed by atoms with Crippen LogP contribution in [0.3, 0.4) is 0 Å². The molecular formula is C23H24N2O4S. The molecule has 0 fully saturated rings. The molecule has 0 saturated carbocycles. The van der Waals surface area contributed by atoms with Gasteiger partial charge in [0, 0.05) is 19.3 Å². The van der Waals surface area contributed by atoms with Crippen LogP contribution < -0.4 is 9.46 Å². The van der Waals surface area contributed by atoms with Gasteiger partial charge in [0.1, 0.15) is 5.75 Å². The third kappa shape index (κ3) is 5.61. The van der Waals surface area contributed by atoms with Gasteiger partial charge in [-0.05, 0) is 48.4 Å². The minimum Gasteiger partial charge on any atom is -0.483 e. The normalized spacial score (nSPS) is 11.0. The molecule has 1 amide bonds. The van der Waals surface area contributed by atoms with Crippen LogP contribution in [0.25, 0.3) is 0 Å². The fourth-order valence-corrected chi connectivity index (χ4v) is 4.01. The van der Waals surface area contributed by atoms with Crippen LogP contribution in [-0.2, 0) is 21.4 Å². The van der Waals surface area contributed by atoms with E-state index in [0.717, 1.165) is 5.56 Å². The van der Waals surface area contributed by atoms with Gasteiger partial charge in [-0.15, -0.1) is 0 Å². The molecule has 0 spiro atoms. The van der Waals surface area contributed by atoms with Gasteiger partial charge in [0.05, 0.1) is 4.90 Å². The Morgan fingerprint density at radius 3 is 2.23 bits per heavy atom. The molecule has 156 valence electrons. The van der Waals surface area contributed by atoms with Crippen LogP contribution in [0.4, 0.5) is 5.69 Å². The Morgan fingerprint density at radius 1 is 0.967 bits per heavy atom. The molecule has 0 saturated heterocycles. The van der Waals surface area contributed by atoms with E-state index in [4.69, 9.17) is 4.74 Å². The minimum absolute atomic E-state index is 0.126. The number of nitrogens with one attached hydrogen (secondary N) is 1. The predicted octanol–water partition coefficient (Wildman–Crippen LogP) is 3.83. The zero-order valence-corrected chi connectivity index (χ0v) is 17.7. The largest absolute Gasteiger partial charge is 0.483 e. The number of carbonyl (C=O) groups excluding carboxylic acids is 1. The van der Waals surface area contributed by atoms with Crippen molar-refractivity contribution in [3.8, 4) is 5.75 Å². The number of carbonyl (C=O) groups is 1. The molecule has 0 aliphatic heterocycles. The van der Waals surface area contributed by atoms with E-state index in [1.165, 1.54) is 12.1 Å². The number of anilines is 1. The molecule has 3 rings (SSSR count). The Balaban J connectivity index is 1.62. The molecule has 3 aromatic carbocycles. The van der Waals surface area contributed by atoms with Crippen molar-refractivity contribution < 1.29 is 17.9 Å². The van der Waals surface area contributed by atoms with Crippen LogP contribution >= 0.6 is 0 Å². The SMILES string of the molecule is Cc1cc(S(=O)(=O)Nc2ccccc2)ccc1OCC(=O)N(C)Cc1ccccc1. The van der Waals surface area contributed by atoms with Gasteiger partial charge in [0.15, 0.2) is 6.61 Å². The molecule has 0 radical (unpaired) electrons. The summed E-state index contributed by atoms with van der Waals surface area (Å²) in [6.45, 7) is 2.11. The van der Waals surface area contributed by atoms with Crippen molar-refractivity contribution in [2.24, 2.45) is 0 Å². The van der Waals surface area contributed by atoms with Crippen molar-refractivity contribution in [3.05, 3.63) is 90.0 Å². The summed E-state index contributed by atoms with van der Waals surface area (Å²) < 4.78 is 33.3. The van der Waals surface area contributed by atoms with Gasteiger partial charge in [-0.25, -0.2) is 8.42 Å². The molecule has 6 nitrogen and oxygen atoms in total. The number of likely N-dealkylation sites (N-methyl/N-ethyl adjacent to an activating group) is 1. The van der Waals surface area contributed by atoms with Crippen LogP contribution in [0.1, 0.15) is 11.1 Å². The predicted molar refractivity (Wildman–Crippen MR) is 117 cm³/mol. The molecule has 0 heterocycles. The van der Waals surface area contributed by atoms with E-state index in [1.54, 1.807) is 49.2 Å². The molecular weight excluding hydrogens is 400 g/mol. The summed E-state index contributed by atoms with van der Waals surface area (Å²) in [5.41, 5.74) is 2.15. The van der Waals surface area contributed by atoms with Crippen molar-refractivity contribution in [2.75, 3.05) is 18.4 Å². The van der Waals surface area contributed by atoms with Crippen molar-refractivity contribution in [3.63, 3.8) is 0 Å². The second-order valence-electron chi connectivity index (χ2n) is 6.92. The van der Waals surface area contributed by atoms with Gasteiger partial charge in [0.2, 0.25) is 0 Å². The zero-order valence-electron chi connectivity index (χ0n) is 16.9. The molecule has 0 atom stereocenters. The Labute approximate surface area is 177 Å². The van der Waals surface area contributed by atoms with Crippen molar-refractivity contribution in [1.29, 1.82) is 0 Å². The van der Waals surface area contributed by atoms with Crippen LogP contribution in [0.5, 0.6) is 5.75 Å². The fraction of sp³-hybridized carbons (Fsp3) is 0.174. The van der Waals surface area contributed by atoms with E-state index < -0.39 is 10.0 Å². The number of aryl methyl sites for hydroxylation is 1. The first kappa shape index (κ1) is 21.4. The van der Waals surface area contributed by atoms with Gasteiger partial charge in [-0.2, -0.15) is 0 Å². The molecule has 0 bridgehead atoms. The van der Waals surface area contributed by atoms with Gasteiger partial charge >= 0.3 is 0 Å². The first-order valence-electron chi connectivity index (χ1n) is 9.44. The number of nitrogens with zero attached hydrogens (tertiary/aromatic N) is 1. The molecule has 30 heavy (non-hydrogen) atoms. The molecule has 7 heteroatoms. The highest BCUT2D eigenvalue weighted by Crippen LogP contribution is 2.23. The van der Waals surface area contributed by atoms with Crippen LogP contribution in [-0.4, -0.2) is 32.9 Å². The van der Waals surface area contributed by atoms with Gasteiger partial charge in [0.25, 0.3) is 15.9 Å². The van der Waals surface area contributed by atoms with E-state index in [1.807, 2.05) is 36.4 Å². The van der Waals surface area contributed by atoms with Gasteiger partial charge in [-0.3, -0.25) is 9.52 Å². The van der Waals surface area contributed by atoms with E-state index in [0.29, 0.717) is 23.5 Å². The molecule has 0 aliphatic carbocycles. The van der Waals surface area contributed by atoms with E-state index in [9.17, 15) is 13.2 Å². The maximum atomic E-state index is 12.6. The maximum absolute atomic E-state index is 12.6. The highest BCUT2D eigenvalue weighted by molar-refractivity contribution is 7.92. The lowest BCUT2D eigenvalue weighted by atomic mass is 10.2. The maximum Gasteiger partial charge on any atom is 0.261 e. The third-order valence-corrected chi connectivity index (χ3v) is 5.90. The number of amides is 1. The molecule has 3 aromatic rings. The topological polar surface area (TPSA) is 75.7 Å². The van der Waals surface area contributed by atoms with Crippen molar-refractivity contribution in [2.45, 2.75) is 18.4 Å². The second-order valence-corrected chi connectivity index (χ2v) is 8.61. The number of rotatable bonds is 8. The first-order valence-corrected chi connectivity index (χ1v) is 10.9. The molecule has 0 aliphatic rings. The number of benzene rings is 3. The highest BCUT2D eigenvalue weighted by atomic mass is 32.2. The lowest BCUT2D eigenvalue weighted by molar-refractivity contribution is -0.132. The van der Waals surface area contributed by atoms with E-state index in [-0.39, 0.29) is 17.4 Å². The number of hydrogen-bond donors (Lipinski definition) is 1. The third-order valence-electron chi connectivity index (χ3n) is 4.52. The van der Waals surface area contributed by atoms with Gasteiger partial charge in [-0.1, -0.05) is 48.5 Å². The number of ether oxygens (including phenoxy) is 1. The Hall–Kier alpha value is -3.32. The fourth-order valence-electron chi connectivity index (χ4n) is 2.87. The summed E-state index contributed by atoms with van der Waals surface area (Å²) in [5.74, 6) is 0.302. The lowest BCUT2D eigenvalue weighted by Crippen LogP contribution is -2.31. The average molecular weight is 425 g/mol. The van der Waals surface area contributed by atoms with Crippen LogP contribution in [0.2, 0.25) is 0 Å². The molecule has 0 aromatic heterocycles. The minimum atomic E-state index is -3.71. The lowest BCUT2D eigenvalue weighted by Gasteiger charge is -2.18. The van der Waals surface area contributed by atoms with Crippen molar-refractivity contribution >= 4 is 21.6 Å². The summed E-state index contributed by atoms with van der Waals surface area (Å²) in [6, 6.07) is 22.9. The Kier molecular flexibility index (Phi) is 6.74. The standard InChI is InChI=1S/C23H24N2O4S/c1-18-15-21(30(27,28)24-20-11-7-4-8-12-20)13-14-22(18)29-17-23(26)25(2)16-19-9-5-3-6-10-19/h3-15,24H,16-17H2,1-2H3. The quantitative estimate of drug-likeness (QED) is 0.596. The Morgan fingerprint density at radius 2 is 1.60 bits per heavy atom. The van der Waals surface area contributed by atoms with Crippen LogP contribution in [0, 0.1) is 6.92 Å². The highest BCUT2D eigenvalue weighted by Gasteiger charge is 2.17. The summed E-state index contributed by atoms with van der Waals surface area (Å²) in [4.78, 5) is 14.1. The Bertz CT molecular complexity index is 1100. The average Bonchev–Trinajstić information content (AvgIpc) is 2.73. The molecule has 1 N–H and O–H groups in total. The number of para-hydroxylation sites is 1. The van der Waals surface area contributed by atoms with Crippen molar-refractivity contribution in [1.82, 2.24) is 4.90 Å². The van der Waals surface area contributed by atoms with Gasteiger partial charge < -0.3 is 9.64 Å². The smallest absolute Gasteiger partial charge is 0.261 e. The summed E-state index contributed by atoms with van der Waals surface area (Å²) in [7, 11) is -1.99.